The first-order valence-electron chi connectivity index (χ1n) is 4.59. The highest BCUT2D eigenvalue weighted by molar-refractivity contribution is 5.35. The fraction of sp³-hybridized carbons (Fsp3) is 0.250. The van der Waals surface area contributed by atoms with Crippen LogP contribution in [0, 0.1) is 39.9 Å². The third-order valence-corrected chi connectivity index (χ3v) is 2.23. The van der Waals surface area contributed by atoms with E-state index in [1.165, 1.54) is 0 Å². The molecule has 0 aliphatic carbocycles. The third-order valence-electron chi connectivity index (χ3n) is 2.23. The highest BCUT2D eigenvalue weighted by Crippen LogP contribution is 2.25. The predicted octanol–water partition coefficient (Wildman–Crippen LogP) is 1.97. The lowest BCUT2D eigenvalue weighted by molar-refractivity contribution is 0.414. The molecule has 78 valence electrons. The van der Waals surface area contributed by atoms with Crippen molar-refractivity contribution >= 4 is 0 Å². The Labute approximate surface area is 93.9 Å². The van der Waals surface area contributed by atoms with Gasteiger partial charge in [0.1, 0.15) is 11.7 Å². The van der Waals surface area contributed by atoms with Crippen molar-refractivity contribution in [1.29, 1.82) is 15.8 Å². The summed E-state index contributed by atoms with van der Waals surface area (Å²) in [5, 5.41) is 26.4. The summed E-state index contributed by atoms with van der Waals surface area (Å²) >= 11 is 0. The lowest BCUT2D eigenvalue weighted by Crippen LogP contribution is -2.07. The molecular weight excluding hydrogens is 202 g/mol. The summed E-state index contributed by atoms with van der Waals surface area (Å²) in [4.78, 5) is 0. The summed E-state index contributed by atoms with van der Waals surface area (Å²) < 4.78 is 4.98. The van der Waals surface area contributed by atoms with E-state index in [1.54, 1.807) is 31.4 Å². The topological polar surface area (TPSA) is 80.6 Å². The Balaban J connectivity index is 3.03. The quantitative estimate of drug-likeness (QED) is 0.765. The standard InChI is InChI=1S/C12H9N3O/c1-16-11-4-2-9(3-5-11)12(8-15)10(6-13)7-14/h2-5,10,12H,1H3. The van der Waals surface area contributed by atoms with Crippen LogP contribution < -0.4 is 4.74 Å². The van der Waals surface area contributed by atoms with Crippen LogP contribution in [-0.2, 0) is 0 Å². The van der Waals surface area contributed by atoms with Crippen molar-refractivity contribution in [3.8, 4) is 24.0 Å². The van der Waals surface area contributed by atoms with Crippen LogP contribution >= 0.6 is 0 Å². The fourth-order valence-corrected chi connectivity index (χ4v) is 1.33. The van der Waals surface area contributed by atoms with Gasteiger partial charge in [0.25, 0.3) is 0 Å². The summed E-state index contributed by atoms with van der Waals surface area (Å²) in [6, 6.07) is 12.4. The van der Waals surface area contributed by atoms with Crippen molar-refractivity contribution in [1.82, 2.24) is 0 Å². The molecule has 0 saturated carbocycles. The summed E-state index contributed by atoms with van der Waals surface area (Å²) in [5.74, 6) is -0.995. The highest BCUT2D eigenvalue weighted by Gasteiger charge is 2.22. The number of methoxy groups -OCH3 is 1. The molecule has 0 heterocycles. The van der Waals surface area contributed by atoms with Gasteiger partial charge in [0.2, 0.25) is 0 Å². The highest BCUT2D eigenvalue weighted by atomic mass is 16.5. The first-order valence-corrected chi connectivity index (χ1v) is 4.59. The van der Waals surface area contributed by atoms with Gasteiger partial charge < -0.3 is 4.74 Å². The molecule has 4 nitrogen and oxygen atoms in total. The Morgan fingerprint density at radius 3 is 1.94 bits per heavy atom. The number of hydrogen-bond acceptors (Lipinski definition) is 4. The molecule has 0 fully saturated rings. The fourth-order valence-electron chi connectivity index (χ4n) is 1.33. The molecule has 0 radical (unpaired) electrons. The van der Waals surface area contributed by atoms with Gasteiger partial charge in [-0.25, -0.2) is 0 Å². The predicted molar refractivity (Wildman–Crippen MR) is 56.1 cm³/mol. The van der Waals surface area contributed by atoms with Gasteiger partial charge in [0.15, 0.2) is 5.92 Å². The number of rotatable bonds is 3. The van der Waals surface area contributed by atoms with E-state index in [0.29, 0.717) is 11.3 Å². The summed E-state index contributed by atoms with van der Waals surface area (Å²) in [5.41, 5.74) is 0.649. The van der Waals surface area contributed by atoms with Crippen molar-refractivity contribution in [3.63, 3.8) is 0 Å². The maximum Gasteiger partial charge on any atom is 0.153 e. The zero-order chi connectivity index (χ0) is 12.0. The van der Waals surface area contributed by atoms with E-state index in [4.69, 9.17) is 20.5 Å². The Bertz CT molecular complexity index is 459. The lowest BCUT2D eigenvalue weighted by atomic mass is 9.89. The average Bonchev–Trinajstić information content (AvgIpc) is 2.36. The zero-order valence-corrected chi connectivity index (χ0v) is 8.71. The van der Waals surface area contributed by atoms with E-state index in [2.05, 4.69) is 0 Å². The van der Waals surface area contributed by atoms with Gasteiger partial charge in [0, 0.05) is 0 Å². The molecule has 1 atom stereocenters. The van der Waals surface area contributed by atoms with Gasteiger partial charge >= 0.3 is 0 Å². The second kappa shape index (κ2) is 5.39. The van der Waals surface area contributed by atoms with Gasteiger partial charge in [-0.1, -0.05) is 12.1 Å². The molecule has 1 aromatic carbocycles. The van der Waals surface area contributed by atoms with E-state index in [0.717, 1.165) is 0 Å². The number of hydrogen-bond donors (Lipinski definition) is 0. The van der Waals surface area contributed by atoms with E-state index in [-0.39, 0.29) is 0 Å². The maximum absolute atomic E-state index is 8.96. The Hall–Kier alpha value is -2.51. The molecule has 0 aromatic heterocycles. The van der Waals surface area contributed by atoms with E-state index < -0.39 is 11.8 Å². The van der Waals surface area contributed by atoms with Gasteiger partial charge in [0.05, 0.1) is 25.3 Å². The Morgan fingerprint density at radius 2 is 1.56 bits per heavy atom. The van der Waals surface area contributed by atoms with E-state index >= 15 is 0 Å². The normalized spacial score (nSPS) is 10.9. The molecule has 1 aromatic rings. The van der Waals surface area contributed by atoms with Gasteiger partial charge in [-0.15, -0.1) is 0 Å². The first-order chi connectivity index (χ1) is 7.76. The van der Waals surface area contributed by atoms with Crippen LogP contribution in [0.4, 0.5) is 0 Å². The van der Waals surface area contributed by atoms with Crippen LogP contribution in [0.1, 0.15) is 11.5 Å². The smallest absolute Gasteiger partial charge is 0.153 e. The van der Waals surface area contributed by atoms with Gasteiger partial charge in [-0.3, -0.25) is 0 Å². The van der Waals surface area contributed by atoms with Crippen LogP contribution in [0.5, 0.6) is 5.75 Å². The number of nitriles is 3. The SMILES string of the molecule is COc1ccc(C(C#N)C(C#N)C#N)cc1. The minimum atomic E-state index is -0.946. The van der Waals surface area contributed by atoms with Gasteiger partial charge in [-0.05, 0) is 17.7 Å². The van der Waals surface area contributed by atoms with Crippen LogP contribution in [0.25, 0.3) is 0 Å². The zero-order valence-electron chi connectivity index (χ0n) is 8.71. The second-order valence-electron chi connectivity index (χ2n) is 3.12. The lowest BCUT2D eigenvalue weighted by Gasteiger charge is -2.09. The molecule has 0 N–H and O–H groups in total. The molecular formula is C12H9N3O. The Morgan fingerprint density at radius 1 is 1.00 bits per heavy atom. The molecule has 0 spiro atoms. The largest absolute Gasteiger partial charge is 0.497 e. The van der Waals surface area contributed by atoms with Crippen molar-refractivity contribution < 1.29 is 4.74 Å². The summed E-state index contributed by atoms with van der Waals surface area (Å²) in [7, 11) is 1.55. The molecule has 0 bridgehead atoms. The number of ether oxygens (including phenoxy) is 1. The van der Waals surface area contributed by atoms with Crippen LogP contribution in [0.3, 0.4) is 0 Å². The summed E-state index contributed by atoms with van der Waals surface area (Å²) in [6.45, 7) is 0. The van der Waals surface area contributed by atoms with Crippen LogP contribution in [-0.4, -0.2) is 7.11 Å². The van der Waals surface area contributed by atoms with E-state index in [9.17, 15) is 0 Å². The maximum atomic E-state index is 8.96. The Kier molecular flexibility index (Phi) is 3.90. The second-order valence-corrected chi connectivity index (χ2v) is 3.12. The number of benzene rings is 1. The molecule has 0 amide bonds. The van der Waals surface area contributed by atoms with Crippen molar-refractivity contribution in [2.45, 2.75) is 5.92 Å². The van der Waals surface area contributed by atoms with E-state index in [1.807, 2.05) is 18.2 Å². The third kappa shape index (κ3) is 2.29. The van der Waals surface area contributed by atoms with Crippen LogP contribution in [0.2, 0.25) is 0 Å². The minimum Gasteiger partial charge on any atom is -0.497 e. The molecule has 0 saturated heterocycles. The van der Waals surface area contributed by atoms with Crippen molar-refractivity contribution in [2.24, 2.45) is 5.92 Å². The monoisotopic (exact) mass is 211 g/mol. The van der Waals surface area contributed by atoms with Crippen molar-refractivity contribution in [2.75, 3.05) is 7.11 Å². The van der Waals surface area contributed by atoms with Gasteiger partial charge in [-0.2, -0.15) is 15.8 Å². The van der Waals surface area contributed by atoms with Crippen LogP contribution in [0.15, 0.2) is 24.3 Å². The average molecular weight is 211 g/mol. The molecule has 1 unspecified atom stereocenters. The first kappa shape index (κ1) is 11.6. The molecule has 4 heteroatoms. The summed E-state index contributed by atoms with van der Waals surface area (Å²) in [6.07, 6.45) is 0. The number of nitrogens with zero attached hydrogens (tertiary/aromatic N) is 3. The minimum absolute atomic E-state index is 0.649. The molecule has 16 heavy (non-hydrogen) atoms. The molecule has 0 aliphatic rings. The van der Waals surface area contributed by atoms with Crippen molar-refractivity contribution in [3.05, 3.63) is 29.8 Å². The molecule has 1 rings (SSSR count). The molecule has 0 aliphatic heterocycles.